The van der Waals surface area contributed by atoms with E-state index in [0.29, 0.717) is 48.1 Å². The first-order valence-corrected chi connectivity index (χ1v) is 19.1. The number of imide groups is 2. The summed E-state index contributed by atoms with van der Waals surface area (Å²) in [5.41, 5.74) is 3.87. The molecule has 7 aliphatic rings. The summed E-state index contributed by atoms with van der Waals surface area (Å²) in [6, 6.07) is 14.0. The van der Waals surface area contributed by atoms with Gasteiger partial charge in [0.25, 0.3) is 11.8 Å². The van der Waals surface area contributed by atoms with Crippen LogP contribution in [0.5, 0.6) is 5.75 Å². The first kappa shape index (κ1) is 33.4. The number of rotatable bonds is 7. The van der Waals surface area contributed by atoms with Crippen LogP contribution in [0.15, 0.2) is 48.5 Å². The Labute approximate surface area is 312 Å². The maximum absolute atomic E-state index is 13.4. The number of hydrogen-bond donors (Lipinski definition) is 3. The van der Waals surface area contributed by atoms with Crippen molar-refractivity contribution in [3.8, 4) is 17.0 Å². The molecule has 1 aliphatic carbocycles. The van der Waals surface area contributed by atoms with Crippen molar-refractivity contribution in [1.82, 2.24) is 30.2 Å². The van der Waals surface area contributed by atoms with E-state index in [1.165, 1.54) is 0 Å². The van der Waals surface area contributed by atoms with Crippen LogP contribution in [0.1, 0.15) is 33.6 Å². The highest BCUT2D eigenvalue weighted by Crippen LogP contribution is 2.52. The van der Waals surface area contributed by atoms with E-state index in [4.69, 9.17) is 4.74 Å². The maximum atomic E-state index is 13.4. The summed E-state index contributed by atoms with van der Waals surface area (Å²) < 4.78 is 6.23. The predicted molar refractivity (Wildman–Crippen MR) is 197 cm³/mol. The van der Waals surface area contributed by atoms with Gasteiger partial charge < -0.3 is 29.9 Å². The third kappa shape index (κ3) is 5.76. The second-order valence-corrected chi connectivity index (χ2v) is 15.8. The van der Waals surface area contributed by atoms with Crippen LogP contribution < -0.4 is 20.4 Å². The van der Waals surface area contributed by atoms with E-state index in [9.17, 15) is 24.3 Å². The average molecular weight is 734 g/mol. The molecule has 280 valence electrons. The van der Waals surface area contributed by atoms with Crippen LogP contribution >= 0.6 is 0 Å². The first-order chi connectivity index (χ1) is 26.3. The number of carbonyl (C=O) groups is 4. The lowest BCUT2D eigenvalue weighted by Crippen LogP contribution is -2.58. The molecule has 7 heterocycles. The van der Waals surface area contributed by atoms with Crippen LogP contribution in [0, 0.1) is 17.8 Å². The Morgan fingerprint density at radius 2 is 1.67 bits per heavy atom. The third-order valence-corrected chi connectivity index (χ3v) is 12.6. The van der Waals surface area contributed by atoms with Crippen molar-refractivity contribution in [3.63, 3.8) is 0 Å². The smallest absolute Gasteiger partial charge is 0.262 e. The fourth-order valence-corrected chi connectivity index (χ4v) is 9.80. The van der Waals surface area contributed by atoms with Gasteiger partial charge in [0.2, 0.25) is 11.8 Å². The number of anilines is 3. The normalized spacial score (nSPS) is 29.4. The number of fused-ring (bicyclic) bond motifs is 5. The van der Waals surface area contributed by atoms with Crippen LogP contribution in [-0.2, 0) is 14.3 Å². The summed E-state index contributed by atoms with van der Waals surface area (Å²) in [6.45, 7) is 9.90. The number of piperidine rings is 2. The van der Waals surface area contributed by atoms with Gasteiger partial charge in [-0.25, -0.2) is 0 Å². The van der Waals surface area contributed by atoms with Crippen molar-refractivity contribution in [3.05, 3.63) is 59.7 Å². The molecule has 54 heavy (non-hydrogen) atoms. The molecule has 4 saturated heterocycles. The lowest BCUT2D eigenvalue weighted by atomic mass is 10.0. The summed E-state index contributed by atoms with van der Waals surface area (Å²) in [7, 11) is 0. The molecule has 3 unspecified atom stereocenters. The Balaban J connectivity index is 0.716. The van der Waals surface area contributed by atoms with Crippen molar-refractivity contribution in [2.24, 2.45) is 17.8 Å². The van der Waals surface area contributed by atoms with Crippen LogP contribution in [0.2, 0.25) is 0 Å². The summed E-state index contributed by atoms with van der Waals surface area (Å²) >= 11 is 0. The van der Waals surface area contributed by atoms with Gasteiger partial charge in [-0.1, -0.05) is 12.1 Å². The van der Waals surface area contributed by atoms with Gasteiger partial charge >= 0.3 is 0 Å². The van der Waals surface area contributed by atoms with Gasteiger partial charge in [0.15, 0.2) is 5.82 Å². The third-order valence-electron chi connectivity index (χ3n) is 12.6. The summed E-state index contributed by atoms with van der Waals surface area (Å²) in [6.07, 6.45) is 0.265. The van der Waals surface area contributed by atoms with Gasteiger partial charge in [0.1, 0.15) is 11.8 Å². The molecule has 0 bridgehead atoms. The number of likely N-dealkylation sites (tertiary alicyclic amines) is 1. The highest BCUT2D eigenvalue weighted by atomic mass is 16.5. The molecule has 3 aromatic rings. The summed E-state index contributed by atoms with van der Waals surface area (Å²) in [5.74, 6) is 1.20. The second-order valence-electron chi connectivity index (χ2n) is 15.8. The minimum Gasteiger partial charge on any atom is -0.507 e. The number of phenolic OH excluding ortho intramolecular Hbond substituents is 1. The van der Waals surface area contributed by atoms with E-state index in [2.05, 4.69) is 46.5 Å². The zero-order chi connectivity index (χ0) is 36.7. The monoisotopic (exact) mass is 733 g/mol. The van der Waals surface area contributed by atoms with Crippen LogP contribution in [0.25, 0.3) is 11.3 Å². The van der Waals surface area contributed by atoms with Crippen LogP contribution in [-0.4, -0.2) is 144 Å². The number of morpholine rings is 1. The molecule has 2 aromatic carbocycles. The Bertz CT molecular complexity index is 2050. The van der Waals surface area contributed by atoms with Crippen molar-refractivity contribution in [2.75, 3.05) is 87.2 Å². The zero-order valence-electron chi connectivity index (χ0n) is 29.9. The molecule has 15 nitrogen and oxygen atoms in total. The number of nitrogens with zero attached hydrogens (tertiary/aromatic N) is 7. The number of amides is 4. The molecule has 5 fully saturated rings. The van der Waals surface area contributed by atoms with E-state index in [1.807, 2.05) is 24.3 Å². The zero-order valence-corrected chi connectivity index (χ0v) is 29.9. The number of aromatic hydroxyl groups is 1. The number of para-hydroxylation sites is 1. The SMILES string of the molecule is O=C1CCC(N2C(=O)c3ccc(N4CCO[C@@H](CN5CC6C(CN7CCN8c9cc(-c%10ccccc%10O)nnc9NC[C@H]8C7)[C@H]6C5)C4)cc3C2=O)C(=O)N1. The fourth-order valence-electron chi connectivity index (χ4n) is 9.80. The lowest BCUT2D eigenvalue weighted by molar-refractivity contribution is -0.136. The highest BCUT2D eigenvalue weighted by molar-refractivity contribution is 6.23. The van der Waals surface area contributed by atoms with E-state index < -0.39 is 23.8 Å². The Hall–Kier alpha value is -5.12. The van der Waals surface area contributed by atoms with E-state index >= 15 is 0 Å². The molecule has 4 amide bonds. The number of carbonyl (C=O) groups excluding carboxylic acids is 4. The van der Waals surface area contributed by atoms with E-state index in [0.717, 1.165) is 92.2 Å². The number of ether oxygens (including phenoxy) is 1. The molecule has 6 aliphatic heterocycles. The number of aromatic nitrogens is 2. The summed E-state index contributed by atoms with van der Waals surface area (Å²) in [4.78, 5) is 61.6. The minimum absolute atomic E-state index is 0.0334. The standard InChI is InChI=1S/C39H43N9O6/c49-34-4-2-1-3-26(34)31-14-33-36(43-42-31)40-15-23-16-44(9-10-47(23)33)19-28-29-20-45(21-30(28)29)17-24-18-46(11-12-54-24)22-5-6-25-27(13-22)39(53)48(38(25)52)32-7-8-35(50)41-37(32)51/h1-6,13-14,23-24,28-30,32,49H,7-12,15-21H2,(H,40,43)(H,41,50,51)/t23-,24-,28?,29+,30?,32?/m0/s1. The number of hydrogen-bond acceptors (Lipinski definition) is 13. The lowest BCUT2D eigenvalue weighted by Gasteiger charge is -2.46. The van der Waals surface area contributed by atoms with E-state index in [-0.39, 0.29) is 30.6 Å². The van der Waals surface area contributed by atoms with Gasteiger partial charge in [0, 0.05) is 83.1 Å². The van der Waals surface area contributed by atoms with Gasteiger partial charge in [-0.2, -0.15) is 0 Å². The Morgan fingerprint density at radius 1 is 0.833 bits per heavy atom. The van der Waals surface area contributed by atoms with Gasteiger partial charge in [-0.3, -0.25) is 34.3 Å². The van der Waals surface area contributed by atoms with Crippen molar-refractivity contribution in [1.29, 1.82) is 0 Å². The largest absolute Gasteiger partial charge is 0.507 e. The molecule has 6 atom stereocenters. The van der Waals surface area contributed by atoms with Gasteiger partial charge in [0.05, 0.1) is 41.3 Å². The number of phenols is 1. The first-order valence-electron chi connectivity index (χ1n) is 19.1. The maximum Gasteiger partial charge on any atom is 0.262 e. The Morgan fingerprint density at radius 3 is 2.50 bits per heavy atom. The molecule has 1 aromatic heterocycles. The van der Waals surface area contributed by atoms with Crippen molar-refractivity contribution in [2.45, 2.75) is 31.0 Å². The summed E-state index contributed by atoms with van der Waals surface area (Å²) in [5, 5.41) is 25.0. The van der Waals surface area contributed by atoms with E-state index in [1.54, 1.807) is 18.2 Å². The predicted octanol–water partition coefficient (Wildman–Crippen LogP) is 1.25. The molecule has 15 heteroatoms. The van der Waals surface area contributed by atoms with Gasteiger partial charge in [-0.15, -0.1) is 10.2 Å². The fraction of sp³-hybridized carbons (Fsp3) is 0.487. The number of piperazine rings is 1. The van der Waals surface area contributed by atoms with Crippen molar-refractivity contribution >= 4 is 40.8 Å². The number of benzene rings is 2. The highest BCUT2D eigenvalue weighted by Gasteiger charge is 2.56. The number of nitrogens with one attached hydrogen (secondary N) is 2. The molecule has 10 rings (SSSR count). The van der Waals surface area contributed by atoms with Crippen molar-refractivity contribution < 1.29 is 29.0 Å². The quantitative estimate of drug-likeness (QED) is 0.298. The molecular weight excluding hydrogens is 690 g/mol. The molecule has 3 N–H and O–H groups in total. The topological polar surface area (TPSA) is 164 Å². The molecule has 0 spiro atoms. The van der Waals surface area contributed by atoms with Gasteiger partial charge in [-0.05, 0) is 60.6 Å². The molecule has 1 saturated carbocycles. The average Bonchev–Trinajstić information content (AvgIpc) is 3.49. The van der Waals surface area contributed by atoms with Crippen LogP contribution in [0.3, 0.4) is 0 Å². The van der Waals surface area contributed by atoms with Crippen LogP contribution in [0.4, 0.5) is 17.2 Å². The molecule has 0 radical (unpaired) electrons. The minimum atomic E-state index is -0.974. The molecular formula is C39H43N9O6. The Kier molecular flexibility index (Phi) is 8.07. The second kappa shape index (κ2) is 13.0.